The summed E-state index contributed by atoms with van der Waals surface area (Å²) in [6, 6.07) is 2.03. The molecular formula is C6H7NS2. The molecule has 1 nitrogen and oxygen atoms in total. The summed E-state index contributed by atoms with van der Waals surface area (Å²) in [6.07, 6.45) is 2.91. The van der Waals surface area contributed by atoms with Crippen molar-refractivity contribution < 1.29 is 0 Å². The van der Waals surface area contributed by atoms with Crippen LogP contribution in [0.4, 0.5) is 0 Å². The molecule has 0 unspecified atom stereocenters. The molecule has 0 aromatic heterocycles. The van der Waals surface area contributed by atoms with E-state index in [0.717, 1.165) is 0 Å². The molecular weight excluding hydrogens is 150 g/mol. The molecule has 1 heterocycles. The molecule has 0 bridgehead atoms. The zero-order valence-corrected chi connectivity index (χ0v) is 6.60. The summed E-state index contributed by atoms with van der Waals surface area (Å²) >= 11 is 3.58. The van der Waals surface area contributed by atoms with Gasteiger partial charge in [0.2, 0.25) is 0 Å². The molecule has 3 heteroatoms. The number of nitrogens with zero attached hydrogens (tertiary/aromatic N) is 1. The van der Waals surface area contributed by atoms with Crippen LogP contribution in [0, 0.1) is 11.3 Å². The third-order valence-corrected chi connectivity index (χ3v) is 3.46. The smallest absolute Gasteiger partial charge is 0.0929 e. The van der Waals surface area contributed by atoms with E-state index in [1.54, 1.807) is 29.6 Å². The highest BCUT2D eigenvalue weighted by atomic mass is 32.2. The van der Waals surface area contributed by atoms with Crippen molar-refractivity contribution in [1.29, 1.82) is 5.26 Å². The van der Waals surface area contributed by atoms with Gasteiger partial charge in [0.1, 0.15) is 0 Å². The molecule has 1 aliphatic rings. The lowest BCUT2D eigenvalue weighted by molar-refractivity contribution is 1.12. The van der Waals surface area contributed by atoms with Crippen molar-refractivity contribution >= 4 is 23.5 Å². The van der Waals surface area contributed by atoms with Gasteiger partial charge in [-0.3, -0.25) is 0 Å². The van der Waals surface area contributed by atoms with Crippen molar-refractivity contribution in [3.63, 3.8) is 0 Å². The van der Waals surface area contributed by atoms with E-state index in [4.69, 9.17) is 5.26 Å². The van der Waals surface area contributed by atoms with Gasteiger partial charge in [-0.1, -0.05) is 0 Å². The van der Waals surface area contributed by atoms with Gasteiger partial charge >= 0.3 is 0 Å². The molecule has 0 amide bonds. The molecule has 0 atom stereocenters. The maximum absolute atomic E-state index is 8.27. The Labute approximate surface area is 63.5 Å². The zero-order chi connectivity index (χ0) is 6.53. The second-order valence-electron chi connectivity index (χ2n) is 1.64. The molecule has 0 aliphatic carbocycles. The third-order valence-electron chi connectivity index (χ3n) is 0.960. The van der Waals surface area contributed by atoms with Gasteiger partial charge in [-0.25, -0.2) is 0 Å². The Morgan fingerprint density at radius 1 is 1.44 bits per heavy atom. The molecule has 48 valence electrons. The van der Waals surface area contributed by atoms with Crippen molar-refractivity contribution in [2.75, 3.05) is 11.5 Å². The van der Waals surface area contributed by atoms with Gasteiger partial charge in [0, 0.05) is 6.08 Å². The molecule has 1 fully saturated rings. The number of hydrogen-bond donors (Lipinski definition) is 0. The van der Waals surface area contributed by atoms with Gasteiger partial charge < -0.3 is 0 Å². The minimum absolute atomic E-state index is 1.18. The van der Waals surface area contributed by atoms with Crippen molar-refractivity contribution in [2.24, 2.45) is 0 Å². The van der Waals surface area contributed by atoms with Crippen LogP contribution in [0.5, 0.6) is 0 Å². The average molecular weight is 157 g/mol. The summed E-state index contributed by atoms with van der Waals surface area (Å²) in [6.45, 7) is 0. The fourth-order valence-electron chi connectivity index (χ4n) is 0.582. The fourth-order valence-corrected chi connectivity index (χ4v) is 2.85. The highest BCUT2D eigenvalue weighted by Gasteiger charge is 2.04. The molecule has 0 saturated carbocycles. The van der Waals surface area contributed by atoms with Gasteiger partial charge in [0.15, 0.2) is 0 Å². The molecule has 0 aromatic rings. The second kappa shape index (κ2) is 3.86. The van der Waals surface area contributed by atoms with Crippen LogP contribution >= 0.6 is 23.5 Å². The van der Waals surface area contributed by atoms with Gasteiger partial charge in [-0.15, -0.1) is 23.5 Å². The minimum Gasteiger partial charge on any atom is -0.193 e. The predicted octanol–water partition coefficient (Wildman–Crippen LogP) is 2.22. The van der Waals surface area contributed by atoms with Crippen LogP contribution in [-0.4, -0.2) is 11.5 Å². The van der Waals surface area contributed by atoms with E-state index in [1.165, 1.54) is 22.2 Å². The highest BCUT2D eigenvalue weighted by Crippen LogP contribution is 2.33. The lowest BCUT2D eigenvalue weighted by atomic mass is 10.6. The van der Waals surface area contributed by atoms with Crippen LogP contribution in [-0.2, 0) is 0 Å². The first-order chi connectivity index (χ1) is 4.43. The van der Waals surface area contributed by atoms with E-state index >= 15 is 0 Å². The van der Waals surface area contributed by atoms with E-state index in [-0.39, 0.29) is 0 Å². The maximum atomic E-state index is 8.27. The lowest BCUT2D eigenvalue weighted by Gasteiger charge is -2.09. The maximum Gasteiger partial charge on any atom is 0.0929 e. The molecule has 1 rings (SSSR count). The van der Waals surface area contributed by atoms with E-state index < -0.39 is 0 Å². The Kier molecular flexibility index (Phi) is 3.02. The Balaban J connectivity index is 2.42. The molecule has 9 heavy (non-hydrogen) atoms. The van der Waals surface area contributed by atoms with Crippen molar-refractivity contribution in [1.82, 2.24) is 0 Å². The number of allylic oxidation sites excluding steroid dienone is 1. The summed E-state index contributed by atoms with van der Waals surface area (Å²) in [5.74, 6) is 2.36. The first-order valence-electron chi connectivity index (χ1n) is 2.79. The predicted molar refractivity (Wildman–Crippen MR) is 43.2 cm³/mol. The summed E-state index contributed by atoms with van der Waals surface area (Å²) in [7, 11) is 0. The molecule has 0 radical (unpaired) electrons. The van der Waals surface area contributed by atoms with E-state index in [0.29, 0.717) is 0 Å². The Bertz CT molecular complexity index is 149. The first-order valence-corrected chi connectivity index (χ1v) is 4.76. The van der Waals surface area contributed by atoms with E-state index in [1.807, 2.05) is 6.07 Å². The average Bonchev–Trinajstić information content (AvgIpc) is 1.91. The lowest BCUT2D eigenvalue weighted by Crippen LogP contribution is -1.90. The standard InChI is InChI=1S/C6H7NS2/c7-3-2-6-8-4-1-5-9-6/h2H,1,4-5H2. The second-order valence-corrected chi connectivity index (χ2v) is 4.17. The monoisotopic (exact) mass is 157 g/mol. The summed E-state index contributed by atoms with van der Waals surface area (Å²) in [5, 5.41) is 8.27. The van der Waals surface area contributed by atoms with Crippen LogP contribution in [0.3, 0.4) is 0 Å². The van der Waals surface area contributed by atoms with Gasteiger partial charge in [0.05, 0.1) is 10.3 Å². The van der Waals surface area contributed by atoms with Gasteiger partial charge in [0.25, 0.3) is 0 Å². The van der Waals surface area contributed by atoms with E-state index in [2.05, 4.69) is 0 Å². The molecule has 0 N–H and O–H groups in total. The van der Waals surface area contributed by atoms with Gasteiger partial charge in [-0.2, -0.15) is 5.26 Å². The number of hydrogen-bond acceptors (Lipinski definition) is 3. The Hall–Kier alpha value is -0.0700. The van der Waals surface area contributed by atoms with Crippen LogP contribution in [0.2, 0.25) is 0 Å². The minimum atomic E-state index is 1.18. The molecule has 0 spiro atoms. The quantitative estimate of drug-likeness (QED) is 0.504. The van der Waals surface area contributed by atoms with Crippen LogP contribution in [0.25, 0.3) is 0 Å². The first kappa shape index (κ1) is 7.04. The zero-order valence-electron chi connectivity index (χ0n) is 4.96. The fraction of sp³-hybridized carbons (Fsp3) is 0.500. The third kappa shape index (κ3) is 2.33. The molecule has 1 aliphatic heterocycles. The SMILES string of the molecule is N#CC=C1SCCCS1. The Morgan fingerprint density at radius 2 is 2.11 bits per heavy atom. The molecule has 0 aromatic carbocycles. The van der Waals surface area contributed by atoms with Crippen molar-refractivity contribution in [3.8, 4) is 6.07 Å². The summed E-state index contributed by atoms with van der Waals surface area (Å²) in [4.78, 5) is 0. The van der Waals surface area contributed by atoms with Crippen molar-refractivity contribution in [3.05, 3.63) is 10.3 Å². The number of thioether (sulfide) groups is 2. The summed E-state index contributed by atoms with van der Waals surface area (Å²) in [5.41, 5.74) is 0. The topological polar surface area (TPSA) is 23.8 Å². The largest absolute Gasteiger partial charge is 0.193 e. The van der Waals surface area contributed by atoms with Gasteiger partial charge in [-0.05, 0) is 17.9 Å². The van der Waals surface area contributed by atoms with Crippen LogP contribution < -0.4 is 0 Å². The number of rotatable bonds is 0. The van der Waals surface area contributed by atoms with Crippen LogP contribution in [0.15, 0.2) is 10.3 Å². The van der Waals surface area contributed by atoms with Crippen LogP contribution in [0.1, 0.15) is 6.42 Å². The number of nitriles is 1. The summed E-state index contributed by atoms with van der Waals surface area (Å²) < 4.78 is 1.18. The Morgan fingerprint density at radius 3 is 2.67 bits per heavy atom. The normalized spacial score (nSPS) is 18.8. The highest BCUT2D eigenvalue weighted by molar-refractivity contribution is 8.22. The van der Waals surface area contributed by atoms with Crippen molar-refractivity contribution in [2.45, 2.75) is 6.42 Å². The molecule has 1 saturated heterocycles. The van der Waals surface area contributed by atoms with E-state index in [9.17, 15) is 0 Å².